The number of ether oxygens (including phenoxy) is 1. The maximum Gasteiger partial charge on any atom is 0.128 e. The number of benzene rings is 2. The van der Waals surface area contributed by atoms with Gasteiger partial charge in [-0.1, -0.05) is 33.6 Å². The van der Waals surface area contributed by atoms with Gasteiger partial charge in [-0.15, -0.1) is 0 Å². The van der Waals surface area contributed by atoms with E-state index < -0.39 is 0 Å². The van der Waals surface area contributed by atoms with Gasteiger partial charge in [0.25, 0.3) is 0 Å². The molecule has 0 radical (unpaired) electrons. The SMILES string of the molecule is COc1cccc(Cl)c1CNC(C)c1cc(Br)ccc1F. The van der Waals surface area contributed by atoms with E-state index in [2.05, 4.69) is 21.2 Å². The highest BCUT2D eigenvalue weighted by Crippen LogP contribution is 2.27. The molecule has 1 N–H and O–H groups in total. The molecule has 1 unspecified atom stereocenters. The van der Waals surface area contributed by atoms with Crippen LogP contribution in [0.2, 0.25) is 5.02 Å². The molecule has 0 saturated heterocycles. The summed E-state index contributed by atoms with van der Waals surface area (Å²) < 4.78 is 20.0. The lowest BCUT2D eigenvalue weighted by Gasteiger charge is -2.17. The minimum absolute atomic E-state index is 0.150. The molecule has 0 aromatic heterocycles. The predicted octanol–water partition coefficient (Wildman–Crippen LogP) is 5.10. The Labute approximate surface area is 137 Å². The highest BCUT2D eigenvalue weighted by molar-refractivity contribution is 9.10. The summed E-state index contributed by atoms with van der Waals surface area (Å²) in [4.78, 5) is 0. The number of methoxy groups -OCH3 is 1. The second-order valence-electron chi connectivity index (χ2n) is 4.69. The molecule has 0 heterocycles. The van der Waals surface area contributed by atoms with E-state index in [-0.39, 0.29) is 11.9 Å². The lowest BCUT2D eigenvalue weighted by Crippen LogP contribution is -2.19. The molecule has 0 aliphatic rings. The third kappa shape index (κ3) is 3.96. The predicted molar refractivity (Wildman–Crippen MR) is 87.4 cm³/mol. The zero-order valence-corrected chi connectivity index (χ0v) is 14.1. The van der Waals surface area contributed by atoms with Crippen molar-refractivity contribution >= 4 is 27.5 Å². The Morgan fingerprint density at radius 3 is 2.81 bits per heavy atom. The van der Waals surface area contributed by atoms with Crippen LogP contribution in [0.4, 0.5) is 4.39 Å². The van der Waals surface area contributed by atoms with Crippen molar-refractivity contribution < 1.29 is 9.13 Å². The molecule has 5 heteroatoms. The van der Waals surface area contributed by atoms with E-state index in [1.54, 1.807) is 19.2 Å². The Hall–Kier alpha value is -1.10. The molecule has 0 spiro atoms. The average Bonchev–Trinajstić information content (AvgIpc) is 2.47. The van der Waals surface area contributed by atoms with Gasteiger partial charge in [0.2, 0.25) is 0 Å². The van der Waals surface area contributed by atoms with Gasteiger partial charge in [0.05, 0.1) is 7.11 Å². The van der Waals surface area contributed by atoms with E-state index in [4.69, 9.17) is 16.3 Å². The topological polar surface area (TPSA) is 21.3 Å². The van der Waals surface area contributed by atoms with E-state index in [0.29, 0.717) is 17.1 Å². The van der Waals surface area contributed by atoms with Crippen molar-refractivity contribution in [2.75, 3.05) is 7.11 Å². The smallest absolute Gasteiger partial charge is 0.128 e. The molecular formula is C16H16BrClFNO. The van der Waals surface area contributed by atoms with Crippen molar-refractivity contribution in [1.82, 2.24) is 5.32 Å². The second-order valence-corrected chi connectivity index (χ2v) is 6.01. The summed E-state index contributed by atoms with van der Waals surface area (Å²) in [6.07, 6.45) is 0. The van der Waals surface area contributed by atoms with Crippen LogP contribution in [0.3, 0.4) is 0 Å². The minimum atomic E-state index is -0.232. The zero-order valence-electron chi connectivity index (χ0n) is 11.8. The Balaban J connectivity index is 2.15. The van der Waals surface area contributed by atoms with Crippen LogP contribution in [-0.2, 0) is 6.54 Å². The van der Waals surface area contributed by atoms with E-state index in [9.17, 15) is 4.39 Å². The number of hydrogen-bond donors (Lipinski definition) is 1. The maximum atomic E-state index is 13.9. The first-order valence-electron chi connectivity index (χ1n) is 6.52. The Morgan fingerprint density at radius 1 is 1.33 bits per heavy atom. The summed E-state index contributed by atoms with van der Waals surface area (Å²) >= 11 is 9.55. The van der Waals surface area contributed by atoms with E-state index >= 15 is 0 Å². The van der Waals surface area contributed by atoms with Gasteiger partial charge >= 0.3 is 0 Å². The highest BCUT2D eigenvalue weighted by atomic mass is 79.9. The molecule has 0 bridgehead atoms. The van der Waals surface area contributed by atoms with E-state index in [0.717, 1.165) is 15.8 Å². The van der Waals surface area contributed by atoms with Gasteiger partial charge in [-0.05, 0) is 37.3 Å². The zero-order chi connectivity index (χ0) is 15.4. The normalized spacial score (nSPS) is 12.2. The summed E-state index contributed by atoms with van der Waals surface area (Å²) in [5, 5.41) is 3.90. The van der Waals surface area contributed by atoms with Crippen LogP contribution in [-0.4, -0.2) is 7.11 Å². The molecule has 112 valence electrons. The summed E-state index contributed by atoms with van der Waals surface area (Å²) in [5.74, 6) is 0.487. The first kappa shape index (κ1) is 16.3. The summed E-state index contributed by atoms with van der Waals surface area (Å²) in [7, 11) is 1.60. The molecule has 2 aromatic rings. The van der Waals surface area contributed by atoms with Gasteiger partial charge in [-0.3, -0.25) is 0 Å². The number of halogens is 3. The largest absolute Gasteiger partial charge is 0.496 e. The lowest BCUT2D eigenvalue weighted by atomic mass is 10.1. The number of hydrogen-bond acceptors (Lipinski definition) is 2. The minimum Gasteiger partial charge on any atom is -0.496 e. The molecule has 2 nitrogen and oxygen atoms in total. The molecule has 0 aliphatic heterocycles. The van der Waals surface area contributed by atoms with Gasteiger partial charge in [0, 0.05) is 33.2 Å². The van der Waals surface area contributed by atoms with Crippen LogP contribution in [0.5, 0.6) is 5.75 Å². The Kier molecular flexibility index (Phi) is 5.62. The Bertz CT molecular complexity index is 636. The molecule has 2 rings (SSSR count). The molecule has 0 aliphatic carbocycles. The van der Waals surface area contributed by atoms with Gasteiger partial charge in [-0.25, -0.2) is 4.39 Å². The monoisotopic (exact) mass is 371 g/mol. The lowest BCUT2D eigenvalue weighted by molar-refractivity contribution is 0.405. The van der Waals surface area contributed by atoms with Gasteiger partial charge in [-0.2, -0.15) is 0 Å². The molecule has 0 fully saturated rings. The van der Waals surface area contributed by atoms with Gasteiger partial charge in [0.1, 0.15) is 11.6 Å². The van der Waals surface area contributed by atoms with Crippen molar-refractivity contribution in [2.45, 2.75) is 19.5 Å². The van der Waals surface area contributed by atoms with Crippen LogP contribution in [0.1, 0.15) is 24.1 Å². The van der Waals surface area contributed by atoms with Crippen LogP contribution < -0.4 is 10.1 Å². The average molecular weight is 373 g/mol. The number of nitrogens with one attached hydrogen (secondary N) is 1. The molecule has 0 amide bonds. The van der Waals surface area contributed by atoms with E-state index in [1.165, 1.54) is 6.07 Å². The third-order valence-electron chi connectivity index (χ3n) is 3.31. The first-order chi connectivity index (χ1) is 10.0. The molecule has 21 heavy (non-hydrogen) atoms. The van der Waals surface area contributed by atoms with Crippen LogP contribution >= 0.6 is 27.5 Å². The van der Waals surface area contributed by atoms with Crippen molar-refractivity contribution in [3.63, 3.8) is 0 Å². The molecule has 2 aromatic carbocycles. The Morgan fingerprint density at radius 2 is 2.10 bits per heavy atom. The second kappa shape index (κ2) is 7.25. The van der Waals surface area contributed by atoms with Crippen molar-refractivity contribution in [1.29, 1.82) is 0 Å². The van der Waals surface area contributed by atoms with Crippen LogP contribution in [0.25, 0.3) is 0 Å². The number of rotatable bonds is 5. The fraction of sp³-hybridized carbons (Fsp3) is 0.250. The molecule has 0 saturated carbocycles. The van der Waals surface area contributed by atoms with Gasteiger partial charge in [0.15, 0.2) is 0 Å². The summed E-state index contributed by atoms with van der Waals surface area (Å²) in [5.41, 5.74) is 1.47. The third-order valence-corrected chi connectivity index (χ3v) is 4.15. The van der Waals surface area contributed by atoms with E-state index in [1.807, 2.05) is 25.1 Å². The first-order valence-corrected chi connectivity index (χ1v) is 7.69. The maximum absolute atomic E-state index is 13.9. The van der Waals surface area contributed by atoms with Crippen LogP contribution in [0, 0.1) is 5.82 Å². The quantitative estimate of drug-likeness (QED) is 0.788. The fourth-order valence-corrected chi connectivity index (χ4v) is 2.72. The molecular weight excluding hydrogens is 357 g/mol. The van der Waals surface area contributed by atoms with Gasteiger partial charge < -0.3 is 10.1 Å². The van der Waals surface area contributed by atoms with Crippen LogP contribution in [0.15, 0.2) is 40.9 Å². The standard InChI is InChI=1S/C16H16BrClFNO/c1-10(12-8-11(17)6-7-15(12)19)20-9-13-14(18)4-3-5-16(13)21-2/h3-8,10,20H,9H2,1-2H3. The summed E-state index contributed by atoms with van der Waals surface area (Å²) in [6, 6.07) is 10.3. The van der Waals surface area contributed by atoms with Crippen molar-refractivity contribution in [2.24, 2.45) is 0 Å². The molecule has 1 atom stereocenters. The van der Waals surface area contributed by atoms with Crippen molar-refractivity contribution in [3.05, 3.63) is 62.8 Å². The highest BCUT2D eigenvalue weighted by Gasteiger charge is 2.13. The fourth-order valence-electron chi connectivity index (χ4n) is 2.11. The van der Waals surface area contributed by atoms with Crippen molar-refractivity contribution in [3.8, 4) is 5.75 Å². The summed E-state index contributed by atoms with van der Waals surface area (Å²) in [6.45, 7) is 2.41.